The molecule has 1 aliphatic heterocycles. The van der Waals surface area contributed by atoms with Gasteiger partial charge in [-0.1, -0.05) is 44.2 Å². The fourth-order valence-electron chi connectivity index (χ4n) is 5.18. The van der Waals surface area contributed by atoms with Crippen LogP contribution < -0.4 is 10.6 Å². The Labute approximate surface area is 217 Å². The van der Waals surface area contributed by atoms with Crippen molar-refractivity contribution in [2.45, 2.75) is 45.8 Å². The number of hydrogen-bond acceptors (Lipinski definition) is 5. The van der Waals surface area contributed by atoms with Crippen LogP contribution in [0, 0.1) is 12.8 Å². The molecule has 1 aliphatic carbocycles. The summed E-state index contributed by atoms with van der Waals surface area (Å²) in [5, 5.41) is 5.14. The topological polar surface area (TPSA) is 108 Å². The maximum Gasteiger partial charge on any atom is 0.318 e. The number of Topliss-reactive ketones (excluding diaryl/α,β-unsaturated/α-hetero) is 1. The molecule has 9 heteroatoms. The van der Waals surface area contributed by atoms with Gasteiger partial charge in [-0.05, 0) is 48.6 Å². The minimum absolute atomic E-state index is 0.00984. The Morgan fingerprint density at radius 1 is 1.14 bits per heavy atom. The average Bonchev–Trinajstić information content (AvgIpc) is 3.33. The number of benzene rings is 2. The van der Waals surface area contributed by atoms with Gasteiger partial charge < -0.3 is 25.2 Å². The summed E-state index contributed by atoms with van der Waals surface area (Å²) >= 11 is 0. The number of aryl methyl sites for hydroxylation is 1. The standard InChI is InChI=1S/C28H34N4O5/c1-17(2)14-32(19(4)22-9-7-6-8-18(22)3)25(34)15-31-16-37-28(26(31)35)23-11-10-21(30-27(36)29-5)12-20(23)13-24(28)33/h6-12,17,19H,13-16H2,1-5H3,(H2,29,30,36)/t19?,28-/m1/s1. The van der Waals surface area contributed by atoms with Crippen molar-refractivity contribution in [3.63, 3.8) is 0 Å². The summed E-state index contributed by atoms with van der Waals surface area (Å²) in [5.74, 6) is -0.862. The van der Waals surface area contributed by atoms with Gasteiger partial charge in [-0.15, -0.1) is 0 Å². The Balaban J connectivity index is 1.55. The number of anilines is 1. The number of hydrogen-bond donors (Lipinski definition) is 2. The van der Waals surface area contributed by atoms with Crippen molar-refractivity contribution < 1.29 is 23.9 Å². The molecule has 0 saturated carbocycles. The Kier molecular flexibility index (Phi) is 7.36. The van der Waals surface area contributed by atoms with Gasteiger partial charge in [0.1, 0.15) is 13.3 Å². The molecule has 1 saturated heterocycles. The van der Waals surface area contributed by atoms with Crippen molar-refractivity contribution in [2.24, 2.45) is 5.92 Å². The van der Waals surface area contributed by atoms with Gasteiger partial charge in [0, 0.05) is 31.3 Å². The van der Waals surface area contributed by atoms with E-state index in [0.717, 1.165) is 11.1 Å². The first-order valence-corrected chi connectivity index (χ1v) is 12.5. The maximum absolute atomic E-state index is 13.6. The predicted octanol–water partition coefficient (Wildman–Crippen LogP) is 3.13. The minimum Gasteiger partial charge on any atom is -0.341 e. The van der Waals surface area contributed by atoms with Crippen LogP contribution in [-0.2, 0) is 31.1 Å². The quantitative estimate of drug-likeness (QED) is 0.561. The van der Waals surface area contributed by atoms with Gasteiger partial charge in [0.2, 0.25) is 11.5 Å². The highest BCUT2D eigenvalue weighted by molar-refractivity contribution is 6.15. The van der Waals surface area contributed by atoms with Crippen LogP contribution in [0.2, 0.25) is 0 Å². The molecule has 2 aliphatic rings. The lowest BCUT2D eigenvalue weighted by atomic mass is 9.94. The van der Waals surface area contributed by atoms with Gasteiger partial charge in [-0.2, -0.15) is 0 Å². The number of urea groups is 1. The maximum atomic E-state index is 13.6. The van der Waals surface area contributed by atoms with E-state index in [1.807, 2.05) is 52.0 Å². The molecule has 0 aromatic heterocycles. The molecule has 1 heterocycles. The largest absolute Gasteiger partial charge is 0.341 e. The molecule has 0 bridgehead atoms. The van der Waals surface area contributed by atoms with E-state index in [2.05, 4.69) is 10.6 Å². The average molecular weight is 507 g/mol. The van der Waals surface area contributed by atoms with Crippen LogP contribution in [-0.4, -0.2) is 60.3 Å². The molecule has 4 amide bonds. The molecular formula is C28H34N4O5. The Bertz CT molecular complexity index is 1240. The molecule has 2 aromatic carbocycles. The highest BCUT2D eigenvalue weighted by Crippen LogP contribution is 2.43. The highest BCUT2D eigenvalue weighted by Gasteiger charge is 2.59. The van der Waals surface area contributed by atoms with Gasteiger partial charge in [-0.3, -0.25) is 14.4 Å². The number of rotatable bonds is 7. The van der Waals surface area contributed by atoms with E-state index in [9.17, 15) is 19.2 Å². The van der Waals surface area contributed by atoms with E-state index in [4.69, 9.17) is 4.74 Å². The summed E-state index contributed by atoms with van der Waals surface area (Å²) in [6.07, 6.45) is 0.00984. The third kappa shape index (κ3) is 4.83. The molecule has 2 N–H and O–H groups in total. The molecule has 2 aromatic rings. The van der Waals surface area contributed by atoms with Crippen molar-refractivity contribution in [3.05, 3.63) is 64.7 Å². The summed E-state index contributed by atoms with van der Waals surface area (Å²) in [6.45, 7) is 8.31. The van der Waals surface area contributed by atoms with E-state index in [-0.39, 0.29) is 49.4 Å². The summed E-state index contributed by atoms with van der Waals surface area (Å²) in [5.41, 5.74) is 2.00. The second kappa shape index (κ2) is 10.3. The zero-order valence-corrected chi connectivity index (χ0v) is 22.0. The van der Waals surface area contributed by atoms with Crippen LogP contribution in [0.15, 0.2) is 42.5 Å². The molecule has 196 valence electrons. The Morgan fingerprint density at radius 2 is 1.86 bits per heavy atom. The molecule has 9 nitrogen and oxygen atoms in total. The Hall–Kier alpha value is -3.72. The van der Waals surface area contributed by atoms with Crippen LogP contribution >= 0.6 is 0 Å². The Morgan fingerprint density at radius 3 is 2.54 bits per heavy atom. The molecule has 2 atom stereocenters. The number of ether oxygens (including phenoxy) is 1. The molecular weight excluding hydrogens is 472 g/mol. The monoisotopic (exact) mass is 506 g/mol. The normalized spacial score (nSPS) is 19.4. The number of carbonyl (C=O) groups is 4. The van der Waals surface area contributed by atoms with Crippen molar-refractivity contribution in [2.75, 3.05) is 32.2 Å². The van der Waals surface area contributed by atoms with Gasteiger partial charge >= 0.3 is 6.03 Å². The predicted molar refractivity (Wildman–Crippen MR) is 139 cm³/mol. The highest BCUT2D eigenvalue weighted by atomic mass is 16.5. The van der Waals surface area contributed by atoms with Crippen molar-refractivity contribution in [1.82, 2.24) is 15.1 Å². The van der Waals surface area contributed by atoms with E-state index >= 15 is 0 Å². The van der Waals surface area contributed by atoms with Crippen molar-refractivity contribution in [1.29, 1.82) is 0 Å². The zero-order valence-electron chi connectivity index (χ0n) is 22.0. The molecule has 1 unspecified atom stereocenters. The smallest absolute Gasteiger partial charge is 0.318 e. The number of fused-ring (bicyclic) bond motifs is 2. The first kappa shape index (κ1) is 26.3. The van der Waals surface area contributed by atoms with E-state index in [0.29, 0.717) is 23.4 Å². The number of amides is 4. The summed E-state index contributed by atoms with van der Waals surface area (Å²) in [6, 6.07) is 12.3. The second-order valence-electron chi connectivity index (χ2n) is 10.1. The first-order chi connectivity index (χ1) is 17.6. The van der Waals surface area contributed by atoms with E-state index in [1.165, 1.54) is 11.9 Å². The molecule has 4 rings (SSSR count). The lowest BCUT2D eigenvalue weighted by Crippen LogP contribution is -2.47. The SMILES string of the molecule is CNC(=O)Nc1ccc2c(c1)CC(=O)[C@]21OCN(CC(=O)N(CC(C)C)C(C)c2ccccc2C)C1=O. The molecule has 37 heavy (non-hydrogen) atoms. The second-order valence-corrected chi connectivity index (χ2v) is 10.1. The molecule has 0 radical (unpaired) electrons. The number of nitrogens with zero attached hydrogens (tertiary/aromatic N) is 2. The lowest BCUT2D eigenvalue weighted by molar-refractivity contribution is -0.149. The number of ketones is 1. The fourth-order valence-corrected chi connectivity index (χ4v) is 5.18. The van der Waals surface area contributed by atoms with Gasteiger partial charge in [-0.25, -0.2) is 4.79 Å². The van der Waals surface area contributed by atoms with Crippen LogP contribution in [0.4, 0.5) is 10.5 Å². The van der Waals surface area contributed by atoms with E-state index in [1.54, 1.807) is 23.1 Å². The minimum atomic E-state index is -1.74. The molecule has 1 spiro atoms. The fraction of sp³-hybridized carbons (Fsp3) is 0.429. The van der Waals surface area contributed by atoms with Crippen molar-refractivity contribution in [3.8, 4) is 0 Å². The van der Waals surface area contributed by atoms with E-state index < -0.39 is 11.5 Å². The lowest BCUT2D eigenvalue weighted by Gasteiger charge is -2.33. The third-order valence-corrected chi connectivity index (χ3v) is 7.05. The summed E-state index contributed by atoms with van der Waals surface area (Å²) in [7, 11) is 1.51. The van der Waals surface area contributed by atoms with Crippen LogP contribution in [0.3, 0.4) is 0 Å². The zero-order chi connectivity index (χ0) is 26.9. The summed E-state index contributed by atoms with van der Waals surface area (Å²) < 4.78 is 5.89. The summed E-state index contributed by atoms with van der Waals surface area (Å²) in [4.78, 5) is 55.1. The first-order valence-electron chi connectivity index (χ1n) is 12.5. The van der Waals surface area contributed by atoms with Gasteiger partial charge in [0.05, 0.1) is 6.04 Å². The number of carbonyl (C=O) groups excluding carboxylic acids is 4. The van der Waals surface area contributed by atoms with Crippen LogP contribution in [0.5, 0.6) is 0 Å². The van der Waals surface area contributed by atoms with Crippen LogP contribution in [0.1, 0.15) is 49.1 Å². The van der Waals surface area contributed by atoms with Gasteiger partial charge in [0.25, 0.3) is 5.91 Å². The van der Waals surface area contributed by atoms with Crippen LogP contribution in [0.25, 0.3) is 0 Å². The number of nitrogens with one attached hydrogen (secondary N) is 2. The van der Waals surface area contributed by atoms with Gasteiger partial charge in [0.15, 0.2) is 5.78 Å². The van der Waals surface area contributed by atoms with Crippen molar-refractivity contribution >= 4 is 29.3 Å². The third-order valence-electron chi connectivity index (χ3n) is 7.05. The molecule has 1 fully saturated rings.